The molecule has 1 atom stereocenters. The molecule has 3 heteroatoms. The maximum Gasteiger partial charge on any atom is 0.165 e. The van der Waals surface area contributed by atoms with Crippen LogP contribution >= 0.6 is 0 Å². The van der Waals surface area contributed by atoms with Gasteiger partial charge >= 0.3 is 0 Å². The molecule has 2 aliphatic rings. The molecule has 0 aromatic heterocycles. The zero-order chi connectivity index (χ0) is 13.3. The minimum Gasteiger partial charge on any atom is -0.365 e. The van der Waals surface area contributed by atoms with Crippen LogP contribution in [-0.2, 0) is 0 Å². The van der Waals surface area contributed by atoms with E-state index in [1.54, 1.807) is 0 Å². The highest BCUT2D eigenvalue weighted by atomic mass is 16.3. The zero-order valence-electron chi connectivity index (χ0n) is 12.5. The summed E-state index contributed by atoms with van der Waals surface area (Å²) < 4.78 is 0. The molecule has 2 rings (SSSR count). The lowest BCUT2D eigenvalue weighted by atomic mass is 9.76. The quantitative estimate of drug-likeness (QED) is 0.820. The Bertz CT molecular complexity index is 266. The molecule has 1 aliphatic carbocycles. The highest BCUT2D eigenvalue weighted by Gasteiger charge is 2.35. The second kappa shape index (κ2) is 5.48. The summed E-state index contributed by atoms with van der Waals surface area (Å²) in [7, 11) is 2.01. The van der Waals surface area contributed by atoms with Crippen LogP contribution in [-0.4, -0.2) is 47.4 Å². The molecule has 2 fully saturated rings. The molecule has 0 spiro atoms. The van der Waals surface area contributed by atoms with Gasteiger partial charge in [-0.3, -0.25) is 9.80 Å². The Kier molecular flexibility index (Phi) is 4.35. The minimum atomic E-state index is -0.339. The van der Waals surface area contributed by atoms with Gasteiger partial charge in [-0.1, -0.05) is 20.8 Å². The van der Waals surface area contributed by atoms with Crippen molar-refractivity contribution >= 4 is 0 Å². The lowest BCUT2D eigenvalue weighted by Crippen LogP contribution is -2.44. The van der Waals surface area contributed by atoms with Gasteiger partial charge in [-0.05, 0) is 50.5 Å². The number of rotatable bonds is 2. The molecule has 1 saturated heterocycles. The Morgan fingerprint density at radius 3 is 2.11 bits per heavy atom. The molecular formula is C15H30N2O. The predicted octanol–water partition coefficient (Wildman–Crippen LogP) is 2.50. The first-order chi connectivity index (χ1) is 8.37. The van der Waals surface area contributed by atoms with Crippen LogP contribution in [0.1, 0.15) is 52.9 Å². The topological polar surface area (TPSA) is 26.7 Å². The number of likely N-dealkylation sites (N-methyl/N-ethyl adjacent to an activating group) is 1. The van der Waals surface area contributed by atoms with Gasteiger partial charge in [-0.2, -0.15) is 0 Å². The average Bonchev–Trinajstić information content (AvgIpc) is 2.59. The maximum absolute atomic E-state index is 10.1. The van der Waals surface area contributed by atoms with Gasteiger partial charge in [0.25, 0.3) is 0 Å². The molecule has 0 radical (unpaired) electrons. The van der Waals surface area contributed by atoms with Crippen molar-refractivity contribution in [2.24, 2.45) is 11.3 Å². The first-order valence-corrected chi connectivity index (χ1v) is 7.51. The second-order valence-electron chi connectivity index (χ2n) is 7.50. The van der Waals surface area contributed by atoms with Gasteiger partial charge in [0, 0.05) is 19.1 Å². The molecule has 3 nitrogen and oxygen atoms in total. The lowest BCUT2D eigenvalue weighted by molar-refractivity contribution is -0.0736. The van der Waals surface area contributed by atoms with Gasteiger partial charge < -0.3 is 5.11 Å². The highest BCUT2D eigenvalue weighted by Crippen LogP contribution is 2.36. The molecule has 1 saturated carbocycles. The molecule has 1 N–H and O–H groups in total. The monoisotopic (exact) mass is 254 g/mol. The van der Waals surface area contributed by atoms with Gasteiger partial charge in [0.1, 0.15) is 0 Å². The van der Waals surface area contributed by atoms with E-state index in [1.165, 1.54) is 32.1 Å². The van der Waals surface area contributed by atoms with Gasteiger partial charge in [0.05, 0.1) is 0 Å². The molecule has 1 heterocycles. The van der Waals surface area contributed by atoms with E-state index in [1.807, 2.05) is 11.9 Å². The average molecular weight is 254 g/mol. The summed E-state index contributed by atoms with van der Waals surface area (Å²) in [6.07, 6.45) is 6.23. The molecule has 0 amide bonds. The van der Waals surface area contributed by atoms with Gasteiger partial charge in [-0.15, -0.1) is 0 Å². The summed E-state index contributed by atoms with van der Waals surface area (Å²) >= 11 is 0. The SMILES string of the molecule is CN1CCN(C2CCC(CC(C)(C)C)CC2)C1O. The summed E-state index contributed by atoms with van der Waals surface area (Å²) in [4.78, 5) is 4.34. The predicted molar refractivity (Wildman–Crippen MR) is 75.2 cm³/mol. The van der Waals surface area contributed by atoms with E-state index in [0.717, 1.165) is 19.0 Å². The van der Waals surface area contributed by atoms with E-state index in [9.17, 15) is 5.11 Å². The van der Waals surface area contributed by atoms with Crippen LogP contribution in [0.15, 0.2) is 0 Å². The van der Waals surface area contributed by atoms with E-state index < -0.39 is 0 Å². The fourth-order valence-corrected chi connectivity index (χ4v) is 3.68. The third-order valence-corrected chi connectivity index (χ3v) is 4.59. The molecular weight excluding hydrogens is 224 g/mol. The van der Waals surface area contributed by atoms with Crippen molar-refractivity contribution in [3.63, 3.8) is 0 Å². The number of hydrogen-bond acceptors (Lipinski definition) is 3. The summed E-state index contributed by atoms with van der Waals surface area (Å²) in [6.45, 7) is 9.07. The fraction of sp³-hybridized carbons (Fsp3) is 1.00. The Labute approximate surface area is 112 Å². The smallest absolute Gasteiger partial charge is 0.165 e. The van der Waals surface area contributed by atoms with Crippen LogP contribution in [0.3, 0.4) is 0 Å². The van der Waals surface area contributed by atoms with Crippen LogP contribution in [0.5, 0.6) is 0 Å². The first-order valence-electron chi connectivity index (χ1n) is 7.51. The van der Waals surface area contributed by atoms with Crippen molar-refractivity contribution in [2.75, 3.05) is 20.1 Å². The summed E-state index contributed by atoms with van der Waals surface area (Å²) in [5.74, 6) is 0.902. The maximum atomic E-state index is 10.1. The molecule has 106 valence electrons. The highest BCUT2D eigenvalue weighted by molar-refractivity contribution is 4.85. The molecule has 1 unspecified atom stereocenters. The zero-order valence-corrected chi connectivity index (χ0v) is 12.5. The van der Waals surface area contributed by atoms with E-state index in [2.05, 4.69) is 25.7 Å². The molecule has 0 bridgehead atoms. The van der Waals surface area contributed by atoms with Crippen LogP contribution in [0, 0.1) is 11.3 Å². The Morgan fingerprint density at radius 2 is 1.67 bits per heavy atom. The number of nitrogens with zero attached hydrogens (tertiary/aromatic N) is 2. The standard InChI is InChI=1S/C15H30N2O/c1-15(2,3)11-12-5-7-13(8-6-12)17-10-9-16(4)14(17)18/h12-14,18H,5-11H2,1-4H3. The molecule has 0 aromatic rings. The van der Waals surface area contributed by atoms with Crippen molar-refractivity contribution in [1.29, 1.82) is 0 Å². The van der Waals surface area contributed by atoms with Crippen molar-refractivity contribution in [1.82, 2.24) is 9.80 Å². The van der Waals surface area contributed by atoms with Gasteiger partial charge in [-0.25, -0.2) is 0 Å². The van der Waals surface area contributed by atoms with Crippen molar-refractivity contribution in [3.8, 4) is 0 Å². The van der Waals surface area contributed by atoms with E-state index >= 15 is 0 Å². The fourth-order valence-electron chi connectivity index (χ4n) is 3.68. The van der Waals surface area contributed by atoms with Gasteiger partial charge in [0.2, 0.25) is 0 Å². The van der Waals surface area contributed by atoms with Crippen LogP contribution in [0.4, 0.5) is 0 Å². The largest absolute Gasteiger partial charge is 0.365 e. The van der Waals surface area contributed by atoms with Crippen molar-refractivity contribution in [3.05, 3.63) is 0 Å². The second-order valence-corrected chi connectivity index (χ2v) is 7.50. The van der Waals surface area contributed by atoms with Crippen LogP contribution in [0.2, 0.25) is 0 Å². The van der Waals surface area contributed by atoms with Crippen molar-refractivity contribution < 1.29 is 5.11 Å². The number of aliphatic hydroxyl groups excluding tert-OH is 1. The molecule has 1 aliphatic heterocycles. The Hall–Kier alpha value is -0.120. The summed E-state index contributed by atoms with van der Waals surface area (Å²) in [5, 5.41) is 10.1. The third-order valence-electron chi connectivity index (χ3n) is 4.59. The van der Waals surface area contributed by atoms with E-state index in [0.29, 0.717) is 11.5 Å². The lowest BCUT2D eigenvalue weighted by Gasteiger charge is -2.38. The Balaban J connectivity index is 1.80. The minimum absolute atomic E-state index is 0.339. The van der Waals surface area contributed by atoms with E-state index in [4.69, 9.17) is 0 Å². The first kappa shape index (κ1) is 14.3. The Morgan fingerprint density at radius 1 is 1.06 bits per heavy atom. The number of aliphatic hydroxyl groups is 1. The summed E-state index contributed by atoms with van der Waals surface area (Å²) in [6, 6.07) is 0.612. The molecule has 0 aromatic carbocycles. The van der Waals surface area contributed by atoms with Gasteiger partial charge in [0.15, 0.2) is 6.35 Å². The van der Waals surface area contributed by atoms with E-state index in [-0.39, 0.29) is 6.35 Å². The normalized spacial score (nSPS) is 36.2. The number of hydrogen-bond donors (Lipinski definition) is 1. The van der Waals surface area contributed by atoms with Crippen molar-refractivity contribution in [2.45, 2.75) is 65.3 Å². The molecule has 18 heavy (non-hydrogen) atoms. The third kappa shape index (κ3) is 3.46. The van der Waals surface area contributed by atoms with Crippen LogP contribution < -0.4 is 0 Å². The summed E-state index contributed by atoms with van der Waals surface area (Å²) in [5.41, 5.74) is 0.463. The van der Waals surface area contributed by atoms with Crippen LogP contribution in [0.25, 0.3) is 0 Å².